The van der Waals surface area contributed by atoms with Gasteiger partial charge in [0.2, 0.25) is 0 Å². The first-order valence-electron chi connectivity index (χ1n) is 6.43. The van der Waals surface area contributed by atoms with Crippen molar-refractivity contribution in [3.8, 4) is 0 Å². The van der Waals surface area contributed by atoms with E-state index in [2.05, 4.69) is 45.6 Å². The van der Waals surface area contributed by atoms with Crippen molar-refractivity contribution in [1.82, 2.24) is 9.55 Å². The highest BCUT2D eigenvalue weighted by atomic mass is 79.9. The zero-order valence-corrected chi connectivity index (χ0v) is 14.6. The summed E-state index contributed by atoms with van der Waals surface area (Å²) in [5.74, 6) is 0.926. The van der Waals surface area contributed by atoms with E-state index in [0.717, 1.165) is 32.5 Å². The molecule has 2 nitrogen and oxygen atoms in total. The second kappa shape index (κ2) is 5.64. The van der Waals surface area contributed by atoms with Gasteiger partial charge in [-0.15, -0.1) is 0 Å². The Hall–Kier alpha value is -1.03. The van der Waals surface area contributed by atoms with Crippen LogP contribution in [0.3, 0.4) is 0 Å². The first-order chi connectivity index (χ1) is 9.97. The Balaban J connectivity index is 2.14. The van der Waals surface area contributed by atoms with Crippen molar-refractivity contribution in [3.63, 3.8) is 0 Å². The molecule has 3 rings (SSSR count). The molecule has 0 bridgehead atoms. The third-order valence-corrected chi connectivity index (χ3v) is 4.71. The van der Waals surface area contributed by atoms with Crippen LogP contribution in [0.4, 0.5) is 0 Å². The van der Waals surface area contributed by atoms with Crippen LogP contribution in [0, 0.1) is 13.0 Å². The Bertz CT molecular complexity index is 820. The van der Waals surface area contributed by atoms with Gasteiger partial charge >= 0.3 is 0 Å². The van der Waals surface area contributed by atoms with Gasteiger partial charge in [0.1, 0.15) is 5.82 Å². The summed E-state index contributed by atoms with van der Waals surface area (Å²) in [4.78, 5) is 4.74. The van der Waals surface area contributed by atoms with Crippen molar-refractivity contribution >= 4 is 50.2 Å². The minimum atomic E-state index is 0.549. The first kappa shape index (κ1) is 14.9. The van der Waals surface area contributed by atoms with Crippen LogP contribution in [0.15, 0.2) is 28.7 Å². The molecule has 1 heterocycles. The van der Waals surface area contributed by atoms with E-state index in [1.165, 1.54) is 0 Å². The first-order valence-corrected chi connectivity index (χ1v) is 7.98. The van der Waals surface area contributed by atoms with E-state index < -0.39 is 0 Å². The molecule has 0 spiro atoms. The molecule has 0 N–H and O–H groups in total. The van der Waals surface area contributed by atoms with Gasteiger partial charge in [-0.3, -0.25) is 0 Å². The zero-order valence-electron chi connectivity index (χ0n) is 11.5. The van der Waals surface area contributed by atoms with Gasteiger partial charge in [0.05, 0.1) is 16.1 Å². The lowest BCUT2D eigenvalue weighted by atomic mass is 10.1. The van der Waals surface area contributed by atoms with E-state index in [9.17, 15) is 0 Å². The van der Waals surface area contributed by atoms with Crippen LogP contribution in [0.25, 0.3) is 11.0 Å². The van der Waals surface area contributed by atoms with Gasteiger partial charge in [0.25, 0.3) is 0 Å². The van der Waals surface area contributed by atoms with Crippen molar-refractivity contribution in [1.29, 1.82) is 0 Å². The maximum Gasteiger partial charge on any atom is 0.114 e. The fourth-order valence-corrected chi connectivity index (χ4v) is 3.49. The lowest BCUT2D eigenvalue weighted by Crippen LogP contribution is -2.00. The zero-order chi connectivity index (χ0) is 15.1. The van der Waals surface area contributed by atoms with Crippen LogP contribution >= 0.6 is 39.1 Å². The highest BCUT2D eigenvalue weighted by molar-refractivity contribution is 9.10. The van der Waals surface area contributed by atoms with Gasteiger partial charge in [-0.25, -0.2) is 4.98 Å². The van der Waals surface area contributed by atoms with Gasteiger partial charge in [-0.1, -0.05) is 45.2 Å². The minimum Gasteiger partial charge on any atom is -0.331 e. The summed E-state index contributed by atoms with van der Waals surface area (Å²) in [7, 11) is 2.00. The van der Waals surface area contributed by atoms with Crippen molar-refractivity contribution in [2.75, 3.05) is 0 Å². The van der Waals surface area contributed by atoms with E-state index >= 15 is 0 Å². The van der Waals surface area contributed by atoms with Crippen molar-refractivity contribution in [2.45, 2.75) is 13.3 Å². The summed E-state index contributed by atoms with van der Waals surface area (Å²) in [6.45, 7) is 2.06. The van der Waals surface area contributed by atoms with Gasteiger partial charge in [0, 0.05) is 29.0 Å². The number of imidazole rings is 1. The smallest absolute Gasteiger partial charge is 0.114 e. The molecule has 0 atom stereocenters. The molecule has 0 unspecified atom stereocenters. The predicted molar refractivity (Wildman–Crippen MR) is 91.3 cm³/mol. The Morgan fingerprint density at radius 3 is 2.81 bits per heavy atom. The fraction of sp³-hybridized carbons (Fsp3) is 0.188. The SMILES string of the molecule is Cc1cc(Br)cc2c1nc(Cc1c(Cl)[c]ccc1Cl)n2C. The molecule has 1 aromatic heterocycles. The average molecular weight is 383 g/mol. The number of aromatic nitrogens is 2. The fourth-order valence-electron chi connectivity index (χ4n) is 2.42. The highest BCUT2D eigenvalue weighted by Crippen LogP contribution is 2.29. The number of benzene rings is 2. The van der Waals surface area contributed by atoms with E-state index in [0.29, 0.717) is 16.5 Å². The summed E-state index contributed by atoms with van der Waals surface area (Å²) in [6.07, 6.45) is 0.581. The van der Waals surface area contributed by atoms with Crippen LogP contribution < -0.4 is 0 Å². The largest absolute Gasteiger partial charge is 0.331 e. The quantitative estimate of drug-likeness (QED) is 0.584. The van der Waals surface area contributed by atoms with E-state index in [-0.39, 0.29) is 0 Å². The van der Waals surface area contributed by atoms with Gasteiger partial charge < -0.3 is 4.57 Å². The summed E-state index contributed by atoms with van der Waals surface area (Å²) in [6, 6.07) is 10.6. The van der Waals surface area contributed by atoms with Crippen LogP contribution in [-0.2, 0) is 13.5 Å². The van der Waals surface area contributed by atoms with Crippen LogP contribution in [-0.4, -0.2) is 9.55 Å². The summed E-state index contributed by atoms with van der Waals surface area (Å²) < 4.78 is 3.12. The number of nitrogens with zero attached hydrogens (tertiary/aromatic N) is 2. The van der Waals surface area contributed by atoms with Crippen molar-refractivity contribution in [3.05, 3.63) is 61.8 Å². The molecular formula is C16H12BrCl2N2. The monoisotopic (exact) mass is 381 g/mol. The van der Waals surface area contributed by atoms with Crippen LogP contribution in [0.2, 0.25) is 10.0 Å². The lowest BCUT2D eigenvalue weighted by Gasteiger charge is -2.06. The molecule has 0 aliphatic carbocycles. The molecule has 0 aliphatic heterocycles. The molecule has 0 aliphatic rings. The molecule has 0 saturated heterocycles. The molecule has 2 aromatic carbocycles. The van der Waals surface area contributed by atoms with Crippen molar-refractivity contribution in [2.24, 2.45) is 7.05 Å². The van der Waals surface area contributed by atoms with Crippen LogP contribution in [0.5, 0.6) is 0 Å². The molecular weight excluding hydrogens is 371 g/mol. The molecule has 21 heavy (non-hydrogen) atoms. The molecule has 107 valence electrons. The third-order valence-electron chi connectivity index (χ3n) is 3.56. The minimum absolute atomic E-state index is 0.549. The third kappa shape index (κ3) is 2.70. The van der Waals surface area contributed by atoms with E-state index in [4.69, 9.17) is 28.2 Å². The molecule has 0 amide bonds. The number of hydrogen-bond donors (Lipinski definition) is 0. The number of halogens is 3. The second-order valence-corrected chi connectivity index (χ2v) is 6.67. The Kier molecular flexibility index (Phi) is 4.00. The predicted octanol–water partition coefficient (Wildman–Crippen LogP) is 5.34. The number of aryl methyl sites for hydroxylation is 2. The number of rotatable bonds is 2. The summed E-state index contributed by atoms with van der Waals surface area (Å²) in [5.41, 5.74) is 4.08. The molecule has 3 aromatic rings. The van der Waals surface area contributed by atoms with Crippen LogP contribution in [0.1, 0.15) is 17.0 Å². The van der Waals surface area contributed by atoms with Gasteiger partial charge in [-0.2, -0.15) is 0 Å². The normalized spacial score (nSPS) is 11.3. The van der Waals surface area contributed by atoms with Crippen molar-refractivity contribution < 1.29 is 0 Å². The topological polar surface area (TPSA) is 17.8 Å². The molecule has 0 fully saturated rings. The maximum atomic E-state index is 6.24. The standard InChI is InChI=1S/C16H12BrCl2N2/c1-9-6-10(17)7-14-16(9)20-15(21(14)2)8-11-12(18)4-3-5-13(11)19/h3-4,6-7H,8H2,1-2H3. The van der Waals surface area contributed by atoms with E-state index in [1.54, 1.807) is 12.1 Å². The summed E-state index contributed by atoms with van der Waals surface area (Å²) in [5, 5.41) is 1.19. The highest BCUT2D eigenvalue weighted by Gasteiger charge is 2.14. The Labute approximate surface area is 141 Å². The number of fused-ring (bicyclic) bond motifs is 1. The summed E-state index contributed by atoms with van der Waals surface area (Å²) >= 11 is 16.0. The lowest BCUT2D eigenvalue weighted by molar-refractivity contribution is 0.844. The molecule has 0 saturated carbocycles. The second-order valence-electron chi connectivity index (χ2n) is 4.97. The Morgan fingerprint density at radius 1 is 1.33 bits per heavy atom. The number of hydrogen-bond acceptors (Lipinski definition) is 1. The van der Waals surface area contributed by atoms with Gasteiger partial charge in [0.15, 0.2) is 0 Å². The van der Waals surface area contributed by atoms with E-state index in [1.807, 2.05) is 7.05 Å². The molecule has 5 heteroatoms. The molecule has 1 radical (unpaired) electrons. The average Bonchev–Trinajstić information content (AvgIpc) is 2.72. The maximum absolute atomic E-state index is 6.24. The Morgan fingerprint density at radius 2 is 2.10 bits per heavy atom. The van der Waals surface area contributed by atoms with Gasteiger partial charge in [-0.05, 0) is 36.2 Å².